The van der Waals surface area contributed by atoms with Crippen molar-refractivity contribution in [3.8, 4) is 5.75 Å². The van der Waals surface area contributed by atoms with E-state index in [4.69, 9.17) is 0 Å². The number of phenolic OH excluding ortho intramolecular Hbond substituents is 1. The van der Waals surface area contributed by atoms with Crippen LogP contribution in [0.15, 0.2) is 91.2 Å². The first-order chi connectivity index (χ1) is 15.8. The summed E-state index contributed by atoms with van der Waals surface area (Å²) in [5.74, 6) is -0.436. The molecule has 0 heterocycles. The summed E-state index contributed by atoms with van der Waals surface area (Å²) in [6.45, 7) is 7.79. The van der Waals surface area contributed by atoms with Crippen LogP contribution in [0.5, 0.6) is 5.75 Å². The van der Waals surface area contributed by atoms with E-state index >= 15 is 0 Å². The average molecular weight is 447 g/mol. The lowest BCUT2D eigenvalue weighted by atomic mass is 10.0. The van der Waals surface area contributed by atoms with Crippen LogP contribution in [-0.4, -0.2) is 39.0 Å². The third kappa shape index (κ3) is 7.10. The fourth-order valence-corrected chi connectivity index (χ4v) is 3.60. The first-order valence-corrected chi connectivity index (χ1v) is 11.0. The van der Waals surface area contributed by atoms with E-state index in [1.54, 1.807) is 29.2 Å². The van der Waals surface area contributed by atoms with E-state index in [9.17, 15) is 19.8 Å². The van der Waals surface area contributed by atoms with Crippen LogP contribution in [0.2, 0.25) is 0 Å². The van der Waals surface area contributed by atoms with Crippen molar-refractivity contribution >= 4 is 11.8 Å². The molecule has 0 saturated heterocycles. The van der Waals surface area contributed by atoms with Crippen molar-refractivity contribution in [3.05, 3.63) is 102 Å². The standard InChI is InChI=1S/C27H30N2O4/c1-19(8-9-20(2)30)26(27(33)28-18-22-6-4-3-5-7-22)29(23-13-14-23)25(32)17-12-21-10-15-24(31)16-11-21/h3-11,15-16,23,26,30-31H,1-2,12-14,17-18H2,(H,28,33)/b9-8-. The normalized spacial score (nSPS) is 13.9. The summed E-state index contributed by atoms with van der Waals surface area (Å²) in [7, 11) is 0. The molecule has 6 nitrogen and oxygen atoms in total. The van der Waals surface area contributed by atoms with Crippen LogP contribution >= 0.6 is 0 Å². The molecular weight excluding hydrogens is 416 g/mol. The van der Waals surface area contributed by atoms with Gasteiger partial charge in [0.15, 0.2) is 0 Å². The summed E-state index contributed by atoms with van der Waals surface area (Å²) in [5.41, 5.74) is 2.28. The van der Waals surface area contributed by atoms with Crippen LogP contribution in [0, 0.1) is 0 Å². The second-order valence-electron chi connectivity index (χ2n) is 8.20. The van der Waals surface area contributed by atoms with Gasteiger partial charge in [-0.3, -0.25) is 9.59 Å². The van der Waals surface area contributed by atoms with Crippen molar-refractivity contribution < 1.29 is 19.8 Å². The third-order valence-corrected chi connectivity index (χ3v) is 5.47. The summed E-state index contributed by atoms with van der Waals surface area (Å²) in [4.78, 5) is 28.2. The van der Waals surface area contributed by atoms with Gasteiger partial charge in [-0.15, -0.1) is 0 Å². The Bertz CT molecular complexity index is 1020. The number of aliphatic hydroxyl groups is 1. The highest BCUT2D eigenvalue weighted by Gasteiger charge is 2.40. The molecule has 6 heteroatoms. The summed E-state index contributed by atoms with van der Waals surface area (Å²) in [6, 6.07) is 15.4. The Balaban J connectivity index is 1.77. The Morgan fingerprint density at radius 3 is 2.30 bits per heavy atom. The van der Waals surface area contributed by atoms with Crippen molar-refractivity contribution in [2.45, 2.75) is 44.3 Å². The number of aromatic hydroxyl groups is 1. The number of carbonyl (C=O) groups excluding carboxylic acids is 2. The van der Waals surface area contributed by atoms with Gasteiger partial charge in [0.1, 0.15) is 17.6 Å². The van der Waals surface area contributed by atoms with Gasteiger partial charge in [0.2, 0.25) is 11.8 Å². The van der Waals surface area contributed by atoms with Gasteiger partial charge in [0, 0.05) is 19.0 Å². The minimum Gasteiger partial charge on any atom is -0.509 e. The predicted octanol–water partition coefficient (Wildman–Crippen LogP) is 4.18. The van der Waals surface area contributed by atoms with Crippen LogP contribution in [0.1, 0.15) is 30.4 Å². The number of aliphatic hydroxyl groups excluding tert-OH is 1. The van der Waals surface area contributed by atoms with Crippen molar-refractivity contribution in [2.24, 2.45) is 0 Å². The Morgan fingerprint density at radius 2 is 1.70 bits per heavy atom. The lowest BCUT2D eigenvalue weighted by molar-refractivity contribution is -0.139. The highest BCUT2D eigenvalue weighted by Crippen LogP contribution is 2.32. The second-order valence-corrected chi connectivity index (χ2v) is 8.20. The number of rotatable bonds is 11. The molecule has 2 amide bonds. The van der Waals surface area contributed by atoms with Gasteiger partial charge >= 0.3 is 0 Å². The van der Waals surface area contributed by atoms with Gasteiger partial charge in [0.05, 0.1) is 0 Å². The minimum atomic E-state index is -0.885. The Kier molecular flexibility index (Phi) is 8.08. The van der Waals surface area contributed by atoms with Crippen molar-refractivity contribution in [1.29, 1.82) is 0 Å². The van der Waals surface area contributed by atoms with Crippen LogP contribution in [0.4, 0.5) is 0 Å². The first-order valence-electron chi connectivity index (χ1n) is 11.0. The number of hydrogen-bond acceptors (Lipinski definition) is 4. The molecule has 1 atom stereocenters. The lowest BCUT2D eigenvalue weighted by Crippen LogP contribution is -2.51. The molecule has 1 aliphatic carbocycles. The quantitative estimate of drug-likeness (QED) is 0.357. The van der Waals surface area contributed by atoms with E-state index in [0.29, 0.717) is 18.5 Å². The van der Waals surface area contributed by atoms with Crippen molar-refractivity contribution in [3.63, 3.8) is 0 Å². The smallest absolute Gasteiger partial charge is 0.247 e. The van der Waals surface area contributed by atoms with Crippen molar-refractivity contribution in [2.75, 3.05) is 0 Å². The molecule has 1 fully saturated rings. The second kappa shape index (κ2) is 11.2. The summed E-state index contributed by atoms with van der Waals surface area (Å²) in [6.07, 6.45) is 5.28. The monoisotopic (exact) mass is 446 g/mol. The van der Waals surface area contributed by atoms with Gasteiger partial charge in [-0.05, 0) is 54.2 Å². The number of carbonyl (C=O) groups is 2. The molecule has 1 unspecified atom stereocenters. The zero-order chi connectivity index (χ0) is 23.8. The minimum absolute atomic E-state index is 0.0210. The number of nitrogens with one attached hydrogen (secondary N) is 1. The third-order valence-electron chi connectivity index (χ3n) is 5.47. The fourth-order valence-electron chi connectivity index (χ4n) is 3.60. The summed E-state index contributed by atoms with van der Waals surface area (Å²) >= 11 is 0. The highest BCUT2D eigenvalue weighted by molar-refractivity contribution is 5.91. The number of allylic oxidation sites excluding steroid dienone is 1. The highest BCUT2D eigenvalue weighted by atomic mass is 16.3. The summed E-state index contributed by atoms with van der Waals surface area (Å²) in [5, 5.41) is 21.8. The molecule has 0 spiro atoms. The van der Waals surface area contributed by atoms with E-state index in [0.717, 1.165) is 24.0 Å². The van der Waals surface area contributed by atoms with Crippen LogP contribution in [0.3, 0.4) is 0 Å². The number of benzene rings is 2. The van der Waals surface area contributed by atoms with Gasteiger partial charge in [-0.1, -0.05) is 61.7 Å². The number of phenols is 1. The number of aryl methyl sites for hydroxylation is 1. The van der Waals surface area contributed by atoms with Gasteiger partial charge < -0.3 is 20.4 Å². The number of nitrogens with zero attached hydrogens (tertiary/aromatic N) is 1. The van der Waals surface area contributed by atoms with E-state index in [1.165, 1.54) is 12.2 Å². The molecule has 1 saturated carbocycles. The maximum Gasteiger partial charge on any atom is 0.247 e. The average Bonchev–Trinajstić information content (AvgIpc) is 3.64. The Morgan fingerprint density at radius 1 is 1.03 bits per heavy atom. The molecule has 3 rings (SSSR count). The Hall–Kier alpha value is -3.80. The van der Waals surface area contributed by atoms with Crippen LogP contribution in [-0.2, 0) is 22.6 Å². The Labute approximate surface area is 194 Å². The fraction of sp³-hybridized carbons (Fsp3) is 0.259. The molecule has 33 heavy (non-hydrogen) atoms. The first kappa shape index (κ1) is 23.9. The zero-order valence-corrected chi connectivity index (χ0v) is 18.6. The molecule has 3 N–H and O–H groups in total. The molecule has 2 aromatic carbocycles. The molecule has 0 radical (unpaired) electrons. The number of hydrogen-bond donors (Lipinski definition) is 3. The summed E-state index contributed by atoms with van der Waals surface area (Å²) < 4.78 is 0. The molecular formula is C27H30N2O4. The SMILES string of the molecule is C=C(O)/C=C\C(=C)C(C(=O)NCc1ccccc1)N(C(=O)CCc1ccc(O)cc1)C1CC1. The van der Waals surface area contributed by atoms with Gasteiger partial charge in [-0.2, -0.15) is 0 Å². The maximum atomic E-state index is 13.3. The molecule has 172 valence electrons. The van der Waals surface area contributed by atoms with E-state index < -0.39 is 6.04 Å². The molecule has 2 aromatic rings. The van der Waals surface area contributed by atoms with Crippen molar-refractivity contribution in [1.82, 2.24) is 10.2 Å². The topological polar surface area (TPSA) is 89.9 Å². The van der Waals surface area contributed by atoms with E-state index in [-0.39, 0.29) is 35.8 Å². The largest absolute Gasteiger partial charge is 0.509 e. The molecule has 0 aliphatic heterocycles. The number of amides is 2. The maximum absolute atomic E-state index is 13.3. The van der Waals surface area contributed by atoms with E-state index in [2.05, 4.69) is 18.5 Å². The van der Waals surface area contributed by atoms with Crippen LogP contribution in [0.25, 0.3) is 0 Å². The lowest BCUT2D eigenvalue weighted by Gasteiger charge is -2.32. The zero-order valence-electron chi connectivity index (χ0n) is 18.6. The van der Waals surface area contributed by atoms with Crippen LogP contribution < -0.4 is 5.32 Å². The van der Waals surface area contributed by atoms with Gasteiger partial charge in [-0.25, -0.2) is 0 Å². The molecule has 1 aliphatic rings. The van der Waals surface area contributed by atoms with E-state index in [1.807, 2.05) is 30.3 Å². The predicted molar refractivity (Wildman–Crippen MR) is 128 cm³/mol. The van der Waals surface area contributed by atoms with Gasteiger partial charge in [0.25, 0.3) is 0 Å². The molecule has 0 aromatic heterocycles. The molecule has 0 bridgehead atoms.